The Morgan fingerprint density at radius 1 is 1.36 bits per heavy atom. The van der Waals surface area contributed by atoms with Crippen molar-refractivity contribution in [3.8, 4) is 5.75 Å². The van der Waals surface area contributed by atoms with E-state index in [0.717, 1.165) is 30.0 Å². The van der Waals surface area contributed by atoms with Gasteiger partial charge in [-0.3, -0.25) is 4.90 Å². The lowest BCUT2D eigenvalue weighted by molar-refractivity contribution is -0.0177. The lowest BCUT2D eigenvalue weighted by atomic mass is 10.1. The largest absolute Gasteiger partial charge is 0.467 e. The fourth-order valence-electron chi connectivity index (χ4n) is 2.61. The van der Waals surface area contributed by atoms with E-state index in [9.17, 15) is 4.39 Å². The number of rotatable bonds is 6. The first-order valence-corrected chi connectivity index (χ1v) is 8.01. The van der Waals surface area contributed by atoms with Crippen molar-refractivity contribution < 1.29 is 13.9 Å². The number of nitrogens with zero attached hydrogens (tertiary/aromatic N) is 1. The number of hydrogen-bond donors (Lipinski definition) is 0. The summed E-state index contributed by atoms with van der Waals surface area (Å²) in [6.07, 6.45) is 1.86. The summed E-state index contributed by atoms with van der Waals surface area (Å²) in [7, 11) is 0. The molecule has 1 aliphatic rings. The van der Waals surface area contributed by atoms with Crippen molar-refractivity contribution in [2.45, 2.75) is 19.7 Å². The molecule has 0 N–H and O–H groups in total. The highest BCUT2D eigenvalue weighted by molar-refractivity contribution is 7.09. The Labute approximate surface area is 133 Å². The van der Waals surface area contributed by atoms with Crippen LogP contribution in [0, 0.1) is 5.82 Å². The van der Waals surface area contributed by atoms with Gasteiger partial charge in [-0.15, -0.1) is 17.9 Å². The van der Waals surface area contributed by atoms with Gasteiger partial charge in [0.05, 0.1) is 6.61 Å². The van der Waals surface area contributed by atoms with Gasteiger partial charge in [0, 0.05) is 35.6 Å². The van der Waals surface area contributed by atoms with E-state index < -0.39 is 0 Å². The summed E-state index contributed by atoms with van der Waals surface area (Å²) in [6.45, 7) is 6.59. The van der Waals surface area contributed by atoms with Crippen LogP contribution in [0.25, 0.3) is 0 Å². The van der Waals surface area contributed by atoms with E-state index in [4.69, 9.17) is 9.47 Å². The molecule has 0 unspecified atom stereocenters. The fraction of sp³-hybridized carbons (Fsp3) is 0.294. The minimum Gasteiger partial charge on any atom is -0.467 e. The number of halogens is 1. The summed E-state index contributed by atoms with van der Waals surface area (Å²) in [5.41, 5.74) is 1.63. The van der Waals surface area contributed by atoms with Crippen molar-refractivity contribution in [3.05, 3.63) is 64.1 Å². The molecule has 1 aromatic heterocycles. The topological polar surface area (TPSA) is 21.7 Å². The van der Waals surface area contributed by atoms with E-state index in [2.05, 4.69) is 22.9 Å². The molecule has 0 aliphatic carbocycles. The molecule has 0 radical (unpaired) electrons. The van der Waals surface area contributed by atoms with E-state index in [0.29, 0.717) is 13.2 Å². The van der Waals surface area contributed by atoms with E-state index in [-0.39, 0.29) is 12.6 Å². The Morgan fingerprint density at radius 3 is 3.05 bits per heavy atom. The molecule has 2 heterocycles. The predicted octanol–water partition coefficient (Wildman–Crippen LogP) is 3.94. The molecule has 0 atom stereocenters. The van der Waals surface area contributed by atoms with Crippen LogP contribution in [0.2, 0.25) is 0 Å². The smallest absolute Gasteiger partial charge is 0.189 e. The molecule has 22 heavy (non-hydrogen) atoms. The van der Waals surface area contributed by atoms with Crippen LogP contribution in [0.4, 0.5) is 4.39 Å². The van der Waals surface area contributed by atoms with Gasteiger partial charge in [0.15, 0.2) is 6.79 Å². The second-order valence-corrected chi connectivity index (χ2v) is 6.23. The van der Waals surface area contributed by atoms with Crippen molar-refractivity contribution in [1.29, 1.82) is 0 Å². The summed E-state index contributed by atoms with van der Waals surface area (Å²) in [5, 5.41) is 2.06. The molecule has 0 saturated heterocycles. The van der Waals surface area contributed by atoms with Gasteiger partial charge in [0.25, 0.3) is 0 Å². The Kier molecular flexibility index (Phi) is 4.87. The monoisotopic (exact) mass is 319 g/mol. The third-order valence-electron chi connectivity index (χ3n) is 3.49. The molecular weight excluding hydrogens is 301 g/mol. The Balaban J connectivity index is 1.82. The average molecular weight is 319 g/mol. The quantitative estimate of drug-likeness (QED) is 0.753. The van der Waals surface area contributed by atoms with Gasteiger partial charge in [-0.05, 0) is 23.6 Å². The van der Waals surface area contributed by atoms with Crippen molar-refractivity contribution >= 4 is 11.3 Å². The molecule has 0 saturated carbocycles. The number of hydrogen-bond acceptors (Lipinski definition) is 4. The highest BCUT2D eigenvalue weighted by Gasteiger charge is 2.18. The zero-order valence-electron chi connectivity index (χ0n) is 12.3. The van der Waals surface area contributed by atoms with Crippen LogP contribution in [0.1, 0.15) is 16.0 Å². The molecule has 3 nitrogen and oxygen atoms in total. The highest BCUT2D eigenvalue weighted by Crippen LogP contribution is 2.30. The zero-order valence-corrected chi connectivity index (χ0v) is 13.1. The fourth-order valence-corrected chi connectivity index (χ4v) is 3.35. The molecule has 5 heteroatoms. The van der Waals surface area contributed by atoms with Crippen molar-refractivity contribution in [1.82, 2.24) is 4.90 Å². The number of fused-ring (bicyclic) bond motifs is 1. The van der Waals surface area contributed by atoms with Crippen molar-refractivity contribution in [2.75, 3.05) is 13.3 Å². The molecule has 1 aliphatic heterocycles. The third-order valence-corrected chi connectivity index (χ3v) is 4.35. The Morgan fingerprint density at radius 2 is 2.27 bits per heavy atom. The SMILES string of the molecule is C=CCN(Cc1cccs1)Cc1cc(F)cc2c1OCOC2. The lowest BCUT2D eigenvalue weighted by Gasteiger charge is -2.25. The van der Waals surface area contributed by atoms with E-state index in [1.54, 1.807) is 17.4 Å². The molecule has 116 valence electrons. The van der Waals surface area contributed by atoms with E-state index in [1.165, 1.54) is 10.9 Å². The van der Waals surface area contributed by atoms with Crippen LogP contribution >= 0.6 is 11.3 Å². The maximum atomic E-state index is 13.8. The standard InChI is InChI=1S/C17H18FNO2S/c1-2-5-19(10-16-4-3-6-22-16)9-13-7-15(18)8-14-11-20-12-21-17(13)14/h2-4,6-8H,1,5,9-12H2. The van der Waals surface area contributed by atoms with Gasteiger partial charge < -0.3 is 9.47 Å². The van der Waals surface area contributed by atoms with Crippen LogP contribution in [0.5, 0.6) is 5.75 Å². The molecule has 0 bridgehead atoms. The van der Waals surface area contributed by atoms with E-state index >= 15 is 0 Å². The van der Waals surface area contributed by atoms with Gasteiger partial charge in [-0.1, -0.05) is 12.1 Å². The first kappa shape index (κ1) is 15.2. The number of ether oxygens (including phenoxy) is 2. The van der Waals surface area contributed by atoms with Crippen LogP contribution in [-0.2, 0) is 24.4 Å². The summed E-state index contributed by atoms with van der Waals surface area (Å²) in [5.74, 6) is 0.505. The van der Waals surface area contributed by atoms with Crippen LogP contribution in [0.3, 0.4) is 0 Å². The van der Waals surface area contributed by atoms with Gasteiger partial charge >= 0.3 is 0 Å². The lowest BCUT2D eigenvalue weighted by Crippen LogP contribution is -2.24. The third kappa shape index (κ3) is 3.55. The molecular formula is C17H18FNO2S. The zero-order chi connectivity index (χ0) is 15.4. The second kappa shape index (κ2) is 7.05. The Hall–Kier alpha value is -1.69. The van der Waals surface area contributed by atoms with Crippen LogP contribution in [-0.4, -0.2) is 18.2 Å². The molecule has 2 aromatic rings. The van der Waals surface area contributed by atoms with Gasteiger partial charge in [0.2, 0.25) is 0 Å². The maximum Gasteiger partial charge on any atom is 0.189 e. The molecule has 1 aromatic carbocycles. The predicted molar refractivity (Wildman–Crippen MR) is 85.3 cm³/mol. The summed E-state index contributed by atoms with van der Waals surface area (Å²) < 4.78 is 24.6. The molecule has 0 amide bonds. The van der Waals surface area contributed by atoms with Crippen molar-refractivity contribution in [3.63, 3.8) is 0 Å². The second-order valence-electron chi connectivity index (χ2n) is 5.20. The minimum atomic E-state index is -0.252. The summed E-state index contributed by atoms with van der Waals surface area (Å²) in [4.78, 5) is 3.49. The maximum absolute atomic E-state index is 13.8. The average Bonchev–Trinajstić information content (AvgIpc) is 3.00. The summed E-state index contributed by atoms with van der Waals surface area (Å²) in [6, 6.07) is 7.17. The van der Waals surface area contributed by atoms with Crippen molar-refractivity contribution in [2.24, 2.45) is 0 Å². The molecule has 0 spiro atoms. The normalized spacial score (nSPS) is 13.7. The van der Waals surface area contributed by atoms with Gasteiger partial charge in [-0.25, -0.2) is 4.39 Å². The summed E-state index contributed by atoms with van der Waals surface area (Å²) >= 11 is 1.72. The molecule has 3 rings (SSSR count). The van der Waals surface area contributed by atoms with Crippen LogP contribution in [0.15, 0.2) is 42.3 Å². The number of benzene rings is 1. The van der Waals surface area contributed by atoms with E-state index in [1.807, 2.05) is 12.1 Å². The minimum absolute atomic E-state index is 0.220. The first-order chi connectivity index (χ1) is 10.8. The first-order valence-electron chi connectivity index (χ1n) is 7.13. The van der Waals surface area contributed by atoms with Crippen LogP contribution < -0.4 is 4.74 Å². The van der Waals surface area contributed by atoms with Gasteiger partial charge in [0.1, 0.15) is 11.6 Å². The van der Waals surface area contributed by atoms with Gasteiger partial charge in [-0.2, -0.15) is 0 Å². The number of thiophene rings is 1. The Bertz CT molecular complexity index is 642. The highest BCUT2D eigenvalue weighted by atomic mass is 32.1. The molecule has 0 fully saturated rings.